The Hall–Kier alpha value is -0.680. The van der Waals surface area contributed by atoms with Crippen molar-refractivity contribution >= 4 is 36.2 Å². The Morgan fingerprint density at radius 1 is 0.880 bits per heavy atom. The van der Waals surface area contributed by atoms with E-state index in [0.29, 0.717) is 31.4 Å². The van der Waals surface area contributed by atoms with Crippen LogP contribution < -0.4 is 4.74 Å². The van der Waals surface area contributed by atoms with Gasteiger partial charge in [0.15, 0.2) is 0 Å². The third kappa shape index (κ3) is 9.55. The van der Waals surface area contributed by atoms with Gasteiger partial charge in [-0.3, -0.25) is 8.37 Å². The lowest BCUT2D eigenvalue weighted by Gasteiger charge is -2.15. The Morgan fingerprint density at radius 2 is 1.28 bits per heavy atom. The summed E-state index contributed by atoms with van der Waals surface area (Å²) in [7, 11) is -5.32. The van der Waals surface area contributed by atoms with Gasteiger partial charge in [-0.1, -0.05) is 15.9 Å². The van der Waals surface area contributed by atoms with E-state index < -0.39 is 20.2 Å². The van der Waals surface area contributed by atoms with Crippen LogP contribution in [-0.2, 0) is 41.4 Å². The molecule has 0 aliphatic rings. The fraction of sp³-hybridized carbons (Fsp3) is 0.600. The topological polar surface area (TPSA) is 96.0 Å². The third-order valence-electron chi connectivity index (χ3n) is 3.19. The van der Waals surface area contributed by atoms with Crippen molar-refractivity contribution < 1.29 is 29.9 Å². The molecule has 0 heterocycles. The highest BCUT2D eigenvalue weighted by molar-refractivity contribution is 9.10. The molecule has 7 nitrogen and oxygen atoms in total. The minimum Gasteiger partial charge on any atom is -0.496 e. The maximum absolute atomic E-state index is 11.0. The van der Waals surface area contributed by atoms with E-state index in [9.17, 15) is 16.8 Å². The van der Waals surface area contributed by atoms with Crippen LogP contribution in [0.1, 0.15) is 24.0 Å². The van der Waals surface area contributed by atoms with E-state index in [1.54, 1.807) is 7.11 Å². The number of aryl methyl sites for hydroxylation is 2. The van der Waals surface area contributed by atoms with Crippen molar-refractivity contribution in [1.29, 1.82) is 0 Å². The maximum atomic E-state index is 11.0. The van der Waals surface area contributed by atoms with E-state index in [1.807, 2.05) is 12.1 Å². The Bertz CT molecular complexity index is 712. The van der Waals surface area contributed by atoms with Crippen molar-refractivity contribution in [2.45, 2.75) is 25.7 Å². The van der Waals surface area contributed by atoms with Crippen molar-refractivity contribution in [3.63, 3.8) is 0 Å². The second-order valence-corrected chi connectivity index (χ2v) is 9.72. The standard InChI is InChI=1S/C15H23BrO7S2/c1-21-15-12(6-4-8-22-24(2,17)18)10-14(16)11-13(15)7-5-9-23-25(3,19)20/h10-11H,4-9H2,1-3H3. The first-order chi connectivity index (χ1) is 11.5. The summed E-state index contributed by atoms with van der Waals surface area (Å²) < 4.78 is 59.8. The van der Waals surface area contributed by atoms with E-state index in [-0.39, 0.29) is 13.2 Å². The predicted octanol–water partition coefficient (Wildman–Crippen LogP) is 2.28. The molecule has 10 heteroatoms. The van der Waals surface area contributed by atoms with E-state index in [1.165, 1.54) is 0 Å². The summed E-state index contributed by atoms with van der Waals surface area (Å²) in [6.45, 7) is 0.206. The molecule has 0 unspecified atom stereocenters. The predicted molar refractivity (Wildman–Crippen MR) is 98.9 cm³/mol. The summed E-state index contributed by atoms with van der Waals surface area (Å²) in [6.07, 6.45) is 4.26. The van der Waals surface area contributed by atoms with Crippen LogP contribution in [-0.4, -0.2) is 49.7 Å². The highest BCUT2D eigenvalue weighted by atomic mass is 79.9. The molecule has 0 saturated carbocycles. The molecule has 0 bridgehead atoms. The lowest BCUT2D eigenvalue weighted by Crippen LogP contribution is -2.07. The number of rotatable bonds is 11. The highest BCUT2D eigenvalue weighted by Gasteiger charge is 2.12. The molecule has 0 atom stereocenters. The largest absolute Gasteiger partial charge is 0.496 e. The van der Waals surface area contributed by atoms with Gasteiger partial charge in [-0.05, 0) is 48.9 Å². The first-order valence-corrected chi connectivity index (χ1v) is 12.0. The molecule has 0 aliphatic carbocycles. The first kappa shape index (κ1) is 22.4. The van der Waals surface area contributed by atoms with Crippen molar-refractivity contribution in [3.05, 3.63) is 27.7 Å². The molecule has 0 fully saturated rings. The number of methoxy groups -OCH3 is 1. The minimum atomic E-state index is -3.44. The van der Waals surface area contributed by atoms with Gasteiger partial charge in [0.05, 0.1) is 32.8 Å². The Morgan fingerprint density at radius 3 is 1.60 bits per heavy atom. The molecule has 0 N–H and O–H groups in total. The molecular formula is C15H23BrO7S2. The molecule has 1 aromatic rings. The van der Waals surface area contributed by atoms with Gasteiger partial charge in [-0.25, -0.2) is 0 Å². The monoisotopic (exact) mass is 458 g/mol. The SMILES string of the molecule is COc1c(CCCOS(C)(=O)=O)cc(Br)cc1CCCOS(C)(=O)=O. The maximum Gasteiger partial charge on any atom is 0.264 e. The zero-order valence-corrected chi connectivity index (χ0v) is 17.7. The molecule has 1 aromatic carbocycles. The molecule has 144 valence electrons. The number of hydrogen-bond donors (Lipinski definition) is 0. The molecule has 0 radical (unpaired) electrons. The fourth-order valence-corrected chi connectivity index (χ4v) is 3.69. The Labute approximate surface area is 158 Å². The highest BCUT2D eigenvalue weighted by Crippen LogP contribution is 2.30. The van der Waals surface area contributed by atoms with Gasteiger partial charge >= 0.3 is 0 Å². The molecule has 1 rings (SSSR count). The third-order valence-corrected chi connectivity index (χ3v) is 4.83. The van der Waals surface area contributed by atoms with Crippen LogP contribution in [0.15, 0.2) is 16.6 Å². The van der Waals surface area contributed by atoms with Gasteiger partial charge < -0.3 is 4.74 Å². The van der Waals surface area contributed by atoms with Gasteiger partial charge in [-0.15, -0.1) is 0 Å². The summed E-state index contributed by atoms with van der Waals surface area (Å²) >= 11 is 3.45. The lowest BCUT2D eigenvalue weighted by molar-refractivity contribution is 0.313. The van der Waals surface area contributed by atoms with Crippen LogP contribution in [0.2, 0.25) is 0 Å². The van der Waals surface area contributed by atoms with E-state index in [2.05, 4.69) is 15.9 Å². The number of benzene rings is 1. The second-order valence-electron chi connectivity index (χ2n) is 5.52. The second kappa shape index (κ2) is 9.86. The quantitative estimate of drug-likeness (QED) is 0.370. The van der Waals surface area contributed by atoms with Crippen LogP contribution >= 0.6 is 15.9 Å². The lowest BCUT2D eigenvalue weighted by atomic mass is 10.0. The normalized spacial score (nSPS) is 12.3. The van der Waals surface area contributed by atoms with Crippen molar-refractivity contribution in [2.24, 2.45) is 0 Å². The summed E-state index contributed by atoms with van der Waals surface area (Å²) in [5, 5.41) is 0. The van der Waals surface area contributed by atoms with Gasteiger partial charge in [0, 0.05) is 4.47 Å². The van der Waals surface area contributed by atoms with Crippen LogP contribution in [0.25, 0.3) is 0 Å². The first-order valence-electron chi connectivity index (χ1n) is 7.56. The van der Waals surface area contributed by atoms with Gasteiger partial charge in [0.1, 0.15) is 5.75 Å². The summed E-state index contributed by atoms with van der Waals surface area (Å²) in [6, 6.07) is 3.82. The molecule has 0 spiro atoms. The van der Waals surface area contributed by atoms with Gasteiger partial charge in [0.25, 0.3) is 20.2 Å². The molecule has 25 heavy (non-hydrogen) atoms. The number of ether oxygens (including phenoxy) is 1. The molecule has 0 aromatic heterocycles. The van der Waals surface area contributed by atoms with Crippen molar-refractivity contribution in [2.75, 3.05) is 32.8 Å². The van der Waals surface area contributed by atoms with Crippen molar-refractivity contribution in [1.82, 2.24) is 0 Å². The van der Waals surface area contributed by atoms with Crippen LogP contribution in [0.3, 0.4) is 0 Å². The summed E-state index contributed by atoms with van der Waals surface area (Å²) in [5.74, 6) is 0.710. The zero-order valence-electron chi connectivity index (χ0n) is 14.4. The zero-order chi connectivity index (χ0) is 19.1. The van der Waals surface area contributed by atoms with Crippen LogP contribution in [0.5, 0.6) is 5.75 Å². The average Bonchev–Trinajstić information content (AvgIpc) is 2.46. The molecule has 0 amide bonds. The molecule has 0 saturated heterocycles. The molecule has 0 aliphatic heterocycles. The van der Waals surface area contributed by atoms with Crippen LogP contribution in [0.4, 0.5) is 0 Å². The number of halogens is 1. The average molecular weight is 459 g/mol. The minimum absolute atomic E-state index is 0.103. The Kier molecular flexibility index (Phi) is 8.82. The molecular weight excluding hydrogens is 436 g/mol. The Balaban J connectivity index is 2.74. The summed E-state index contributed by atoms with van der Waals surface area (Å²) in [5.41, 5.74) is 1.85. The number of hydrogen-bond acceptors (Lipinski definition) is 7. The van der Waals surface area contributed by atoms with E-state index >= 15 is 0 Å². The van der Waals surface area contributed by atoms with Crippen LogP contribution in [0, 0.1) is 0 Å². The van der Waals surface area contributed by atoms with E-state index in [0.717, 1.165) is 28.1 Å². The smallest absolute Gasteiger partial charge is 0.264 e. The van der Waals surface area contributed by atoms with E-state index in [4.69, 9.17) is 13.1 Å². The fourth-order valence-electron chi connectivity index (χ4n) is 2.29. The summed E-state index contributed by atoms with van der Waals surface area (Å²) in [4.78, 5) is 0. The van der Waals surface area contributed by atoms with Crippen molar-refractivity contribution in [3.8, 4) is 5.75 Å². The van der Waals surface area contributed by atoms with Gasteiger partial charge in [-0.2, -0.15) is 16.8 Å². The van der Waals surface area contributed by atoms with Gasteiger partial charge in [0.2, 0.25) is 0 Å².